The maximum atomic E-state index is 4.71. The molecule has 3 aliphatic rings. The number of hydrogen-bond acceptors (Lipinski definition) is 2. The quantitative estimate of drug-likeness (QED) is 0.664. The molecule has 0 spiro atoms. The Labute approximate surface area is 105 Å². The molecule has 0 unspecified atom stereocenters. The third-order valence-corrected chi connectivity index (χ3v) is 3.42. The van der Waals surface area contributed by atoms with Gasteiger partial charge in [0.1, 0.15) is 0 Å². The Morgan fingerprint density at radius 2 is 2.06 bits per heavy atom. The van der Waals surface area contributed by atoms with Crippen molar-refractivity contribution < 1.29 is 0 Å². The van der Waals surface area contributed by atoms with E-state index in [9.17, 15) is 0 Å². The van der Waals surface area contributed by atoms with Gasteiger partial charge in [-0.3, -0.25) is 0 Å². The van der Waals surface area contributed by atoms with Gasteiger partial charge in [-0.05, 0) is 29.9 Å². The van der Waals surface area contributed by atoms with Crippen LogP contribution in [0.25, 0.3) is 5.57 Å². The molecule has 2 nitrogen and oxygen atoms in total. The molecule has 18 heavy (non-hydrogen) atoms. The van der Waals surface area contributed by atoms with Crippen molar-refractivity contribution in [2.45, 2.75) is 0 Å². The maximum Gasteiger partial charge on any atom is 0.0720 e. The van der Waals surface area contributed by atoms with Gasteiger partial charge in [0.25, 0.3) is 0 Å². The maximum absolute atomic E-state index is 4.71. The summed E-state index contributed by atoms with van der Waals surface area (Å²) in [4.78, 5) is 6.90. The van der Waals surface area contributed by atoms with Crippen LogP contribution in [0.1, 0.15) is 0 Å². The van der Waals surface area contributed by atoms with E-state index in [4.69, 9.17) is 4.99 Å². The highest BCUT2D eigenvalue weighted by Gasteiger charge is 2.14. The fourth-order valence-electron chi connectivity index (χ4n) is 2.55. The normalized spacial score (nSPS) is 19.3. The summed E-state index contributed by atoms with van der Waals surface area (Å²) >= 11 is 0. The Hall–Kier alpha value is -2.35. The lowest BCUT2D eigenvalue weighted by atomic mass is 10.0. The molecule has 2 bridgehead atoms. The zero-order chi connectivity index (χ0) is 11.9. The van der Waals surface area contributed by atoms with Gasteiger partial charge in [0.05, 0.1) is 11.1 Å². The van der Waals surface area contributed by atoms with E-state index in [2.05, 4.69) is 59.8 Å². The van der Waals surface area contributed by atoms with E-state index in [1.165, 1.54) is 16.4 Å². The molecule has 3 aliphatic heterocycles. The predicted octanol–water partition coefficient (Wildman–Crippen LogP) is 1.64. The van der Waals surface area contributed by atoms with Crippen LogP contribution in [0.2, 0.25) is 0 Å². The van der Waals surface area contributed by atoms with Crippen molar-refractivity contribution in [1.29, 1.82) is 0 Å². The van der Waals surface area contributed by atoms with Gasteiger partial charge in [-0.1, -0.05) is 24.3 Å². The van der Waals surface area contributed by atoms with Crippen molar-refractivity contribution in [3.63, 3.8) is 0 Å². The van der Waals surface area contributed by atoms with E-state index in [-0.39, 0.29) is 0 Å². The molecule has 0 atom stereocenters. The van der Waals surface area contributed by atoms with E-state index in [0.717, 1.165) is 17.6 Å². The molecule has 0 saturated carbocycles. The fourth-order valence-corrected chi connectivity index (χ4v) is 2.55. The second-order valence-electron chi connectivity index (χ2n) is 4.64. The molecular weight excluding hydrogens is 220 g/mol. The summed E-state index contributed by atoms with van der Waals surface area (Å²) in [6.45, 7) is 0.926. The minimum atomic E-state index is 0.926. The molecule has 0 fully saturated rings. The highest BCUT2D eigenvalue weighted by molar-refractivity contribution is 5.75. The van der Waals surface area contributed by atoms with Gasteiger partial charge in [0.2, 0.25) is 0 Å². The highest BCUT2D eigenvalue weighted by atomic mass is 15.1. The van der Waals surface area contributed by atoms with E-state index >= 15 is 0 Å². The molecule has 1 aromatic rings. The molecule has 1 aromatic carbocycles. The molecule has 2 heteroatoms. The molecule has 3 heterocycles. The average molecular weight is 232 g/mol. The van der Waals surface area contributed by atoms with Crippen LogP contribution >= 0.6 is 0 Å². The summed E-state index contributed by atoms with van der Waals surface area (Å²) in [5, 5.41) is 2.30. The van der Waals surface area contributed by atoms with E-state index in [1.807, 2.05) is 6.07 Å². The van der Waals surface area contributed by atoms with Crippen molar-refractivity contribution in [3.05, 3.63) is 82.8 Å². The lowest BCUT2D eigenvalue weighted by Crippen LogP contribution is -2.22. The number of rotatable bonds is 0. The molecule has 0 N–H and O–H groups in total. The van der Waals surface area contributed by atoms with Gasteiger partial charge in [-0.15, -0.1) is 0 Å². The summed E-state index contributed by atoms with van der Waals surface area (Å²) < 4.78 is 0. The largest absolute Gasteiger partial charge is 0.350 e. The Kier molecular flexibility index (Phi) is 1.92. The Bertz CT molecular complexity index is 761. The minimum Gasteiger partial charge on any atom is -0.350 e. The number of benzene rings is 1. The van der Waals surface area contributed by atoms with Crippen LogP contribution < -0.4 is 10.6 Å². The first-order chi connectivity index (χ1) is 8.90. The molecule has 0 radical (unpaired) electrons. The van der Waals surface area contributed by atoms with E-state index in [1.54, 1.807) is 0 Å². The zero-order valence-corrected chi connectivity index (χ0v) is 9.88. The van der Waals surface area contributed by atoms with Crippen LogP contribution in [0, 0.1) is 0 Å². The average Bonchev–Trinajstić information content (AvgIpc) is 2.72. The standard InChI is InChI=1S/C16H12N2/c1-2-6-15-13(5-1)14-7-9-18-8-3-4-12(11-18)10-16(14)17-15/h1-10H,11H2. The SMILES string of the molecule is C1=CN2C=CC3=c4ccccc4=NC3=CC(=C1)C2. The fraction of sp³-hybridized carbons (Fsp3) is 0.0625. The Morgan fingerprint density at radius 1 is 1.11 bits per heavy atom. The molecule has 86 valence electrons. The van der Waals surface area contributed by atoms with Gasteiger partial charge >= 0.3 is 0 Å². The van der Waals surface area contributed by atoms with Crippen LogP contribution in [0.5, 0.6) is 0 Å². The topological polar surface area (TPSA) is 15.6 Å². The third kappa shape index (κ3) is 1.39. The van der Waals surface area contributed by atoms with E-state index in [0.29, 0.717) is 0 Å². The van der Waals surface area contributed by atoms with Crippen molar-refractivity contribution in [3.8, 4) is 0 Å². The monoisotopic (exact) mass is 232 g/mol. The lowest BCUT2D eigenvalue weighted by Gasteiger charge is -2.21. The van der Waals surface area contributed by atoms with Gasteiger partial charge in [0, 0.05) is 29.7 Å². The van der Waals surface area contributed by atoms with Gasteiger partial charge < -0.3 is 4.90 Å². The molecule has 0 saturated heterocycles. The first-order valence-electron chi connectivity index (χ1n) is 6.12. The summed E-state index contributed by atoms with van der Waals surface area (Å²) in [5.41, 5.74) is 3.59. The minimum absolute atomic E-state index is 0.926. The van der Waals surface area contributed by atoms with Crippen LogP contribution in [-0.4, -0.2) is 11.4 Å². The number of fused-ring (bicyclic) bond motifs is 4. The van der Waals surface area contributed by atoms with Crippen molar-refractivity contribution in [2.75, 3.05) is 6.54 Å². The van der Waals surface area contributed by atoms with Crippen molar-refractivity contribution in [1.82, 2.24) is 4.90 Å². The van der Waals surface area contributed by atoms with Crippen LogP contribution in [-0.2, 0) is 0 Å². The first-order valence-corrected chi connectivity index (χ1v) is 6.12. The molecule has 4 rings (SSSR count). The first kappa shape index (κ1) is 9.66. The number of para-hydroxylation sites is 1. The number of hydrogen-bond donors (Lipinski definition) is 0. The molecule has 0 amide bonds. The summed E-state index contributed by atoms with van der Waals surface area (Å²) in [7, 11) is 0. The van der Waals surface area contributed by atoms with Crippen LogP contribution in [0.4, 0.5) is 0 Å². The molecule has 0 aliphatic carbocycles. The number of allylic oxidation sites excluding steroid dienone is 3. The van der Waals surface area contributed by atoms with Crippen molar-refractivity contribution >= 4 is 5.57 Å². The summed E-state index contributed by atoms with van der Waals surface area (Å²) in [6.07, 6.45) is 12.8. The van der Waals surface area contributed by atoms with Gasteiger partial charge in [-0.25, -0.2) is 4.99 Å². The zero-order valence-electron chi connectivity index (χ0n) is 9.88. The predicted molar refractivity (Wildman–Crippen MR) is 71.8 cm³/mol. The summed E-state index contributed by atoms with van der Waals surface area (Å²) in [6, 6.07) is 8.31. The highest BCUT2D eigenvalue weighted by Crippen LogP contribution is 2.22. The molecular formula is C16H12N2. The van der Waals surface area contributed by atoms with E-state index < -0.39 is 0 Å². The molecule has 0 aromatic heterocycles. The third-order valence-electron chi connectivity index (χ3n) is 3.42. The smallest absolute Gasteiger partial charge is 0.0720 e. The lowest BCUT2D eigenvalue weighted by molar-refractivity contribution is 0.548. The summed E-state index contributed by atoms with van der Waals surface area (Å²) in [5.74, 6) is 0. The van der Waals surface area contributed by atoms with Crippen LogP contribution in [0.3, 0.4) is 0 Å². The Morgan fingerprint density at radius 3 is 3.06 bits per heavy atom. The number of nitrogens with zero attached hydrogens (tertiary/aromatic N) is 2. The van der Waals surface area contributed by atoms with Gasteiger partial charge in [0.15, 0.2) is 0 Å². The Balaban J connectivity index is 2.03. The van der Waals surface area contributed by atoms with Crippen LogP contribution in [0.15, 0.2) is 77.2 Å². The van der Waals surface area contributed by atoms with Gasteiger partial charge in [-0.2, -0.15) is 0 Å². The van der Waals surface area contributed by atoms with Crippen molar-refractivity contribution in [2.24, 2.45) is 4.99 Å². The second kappa shape index (κ2) is 3.57. The second-order valence-corrected chi connectivity index (χ2v) is 4.64.